The third-order valence-electron chi connectivity index (χ3n) is 3.31. The molecule has 0 amide bonds. The summed E-state index contributed by atoms with van der Waals surface area (Å²) in [5, 5.41) is 3.06. The van der Waals surface area contributed by atoms with E-state index < -0.39 is 0 Å². The summed E-state index contributed by atoms with van der Waals surface area (Å²) in [6.45, 7) is 1.55. The van der Waals surface area contributed by atoms with Crippen LogP contribution in [0.15, 0.2) is 9.59 Å². The molecule has 94 valence electrons. The van der Waals surface area contributed by atoms with Crippen molar-refractivity contribution in [1.29, 1.82) is 0 Å². The predicted octanol–water partition coefficient (Wildman–Crippen LogP) is 0.0249. The van der Waals surface area contributed by atoms with E-state index in [2.05, 4.69) is 10.3 Å². The van der Waals surface area contributed by atoms with Crippen LogP contribution in [0.5, 0.6) is 0 Å². The quantitative estimate of drug-likeness (QED) is 0.726. The fourth-order valence-electron chi connectivity index (χ4n) is 2.44. The van der Waals surface area contributed by atoms with Crippen molar-refractivity contribution in [2.24, 2.45) is 0 Å². The maximum absolute atomic E-state index is 11.8. The minimum atomic E-state index is -0.258. The molecule has 0 saturated carbocycles. The molecule has 0 bridgehead atoms. The highest BCUT2D eigenvalue weighted by Gasteiger charge is 2.17. The van der Waals surface area contributed by atoms with E-state index >= 15 is 0 Å². The van der Waals surface area contributed by atoms with Crippen molar-refractivity contribution in [3.8, 4) is 0 Å². The molecule has 1 aromatic rings. The van der Waals surface area contributed by atoms with Crippen LogP contribution in [-0.2, 0) is 19.4 Å². The lowest BCUT2D eigenvalue weighted by molar-refractivity contribution is 0.527. The number of fused-ring (bicyclic) bond motifs is 1. The third-order valence-corrected chi connectivity index (χ3v) is 3.31. The number of rotatable bonds is 4. The molecule has 1 aliphatic rings. The van der Waals surface area contributed by atoms with Crippen LogP contribution < -0.4 is 16.6 Å². The zero-order valence-corrected chi connectivity index (χ0v) is 10.2. The average molecular weight is 237 g/mol. The highest BCUT2D eigenvalue weighted by atomic mass is 16.2. The highest BCUT2D eigenvalue weighted by Crippen LogP contribution is 2.16. The van der Waals surface area contributed by atoms with Crippen LogP contribution >= 0.6 is 0 Å². The van der Waals surface area contributed by atoms with Crippen LogP contribution in [0.2, 0.25) is 0 Å². The second-order valence-electron chi connectivity index (χ2n) is 4.50. The summed E-state index contributed by atoms with van der Waals surface area (Å²) in [4.78, 5) is 25.9. The first kappa shape index (κ1) is 12.1. The van der Waals surface area contributed by atoms with E-state index in [1.807, 2.05) is 7.05 Å². The molecule has 5 nitrogen and oxygen atoms in total. The van der Waals surface area contributed by atoms with E-state index in [-0.39, 0.29) is 11.2 Å². The van der Waals surface area contributed by atoms with Gasteiger partial charge in [0.15, 0.2) is 0 Å². The maximum atomic E-state index is 11.8. The standard InChI is InChI=1S/C12H19N3O2/c1-13-7-4-8-15-10-6-3-2-5-9(10)11(16)14-12(15)17/h13H,2-8H2,1H3,(H,14,16,17). The SMILES string of the molecule is CNCCCn1c2c(c(=O)[nH]c1=O)CCCC2. The van der Waals surface area contributed by atoms with Crippen LogP contribution in [0, 0.1) is 0 Å². The second kappa shape index (κ2) is 5.31. The van der Waals surface area contributed by atoms with Crippen molar-refractivity contribution in [3.05, 3.63) is 32.1 Å². The largest absolute Gasteiger partial charge is 0.328 e. The Morgan fingerprint density at radius 2 is 2.06 bits per heavy atom. The van der Waals surface area contributed by atoms with E-state index in [0.717, 1.165) is 49.9 Å². The highest BCUT2D eigenvalue weighted by molar-refractivity contribution is 5.20. The first-order valence-electron chi connectivity index (χ1n) is 6.23. The summed E-state index contributed by atoms with van der Waals surface area (Å²) in [7, 11) is 1.89. The van der Waals surface area contributed by atoms with Gasteiger partial charge in [-0.1, -0.05) is 0 Å². The maximum Gasteiger partial charge on any atom is 0.328 e. The van der Waals surface area contributed by atoms with E-state index in [4.69, 9.17) is 0 Å². The predicted molar refractivity (Wildman–Crippen MR) is 66.5 cm³/mol. The molecule has 1 aromatic heterocycles. The van der Waals surface area contributed by atoms with Crippen molar-refractivity contribution < 1.29 is 0 Å². The molecule has 5 heteroatoms. The first-order valence-corrected chi connectivity index (χ1v) is 6.23. The van der Waals surface area contributed by atoms with Gasteiger partial charge < -0.3 is 5.32 Å². The number of aromatic amines is 1. The van der Waals surface area contributed by atoms with Gasteiger partial charge in [0.2, 0.25) is 0 Å². The van der Waals surface area contributed by atoms with Crippen LogP contribution in [0.1, 0.15) is 30.5 Å². The number of hydrogen-bond donors (Lipinski definition) is 2. The minimum Gasteiger partial charge on any atom is -0.320 e. The van der Waals surface area contributed by atoms with Crippen molar-refractivity contribution in [2.75, 3.05) is 13.6 Å². The lowest BCUT2D eigenvalue weighted by Gasteiger charge is -2.19. The van der Waals surface area contributed by atoms with Gasteiger partial charge in [-0.2, -0.15) is 0 Å². The van der Waals surface area contributed by atoms with Gasteiger partial charge in [-0.3, -0.25) is 14.3 Å². The number of hydrogen-bond acceptors (Lipinski definition) is 3. The number of aromatic nitrogens is 2. The van der Waals surface area contributed by atoms with Crippen LogP contribution in [-0.4, -0.2) is 23.1 Å². The molecule has 17 heavy (non-hydrogen) atoms. The molecular weight excluding hydrogens is 218 g/mol. The Balaban J connectivity index is 2.36. The van der Waals surface area contributed by atoms with Crippen molar-refractivity contribution >= 4 is 0 Å². The molecule has 0 spiro atoms. The number of H-pyrrole nitrogens is 1. The Kier molecular flexibility index (Phi) is 3.78. The summed E-state index contributed by atoms with van der Waals surface area (Å²) in [5.74, 6) is 0. The van der Waals surface area contributed by atoms with Gasteiger partial charge in [0, 0.05) is 17.8 Å². The molecule has 0 aromatic carbocycles. The fourth-order valence-corrected chi connectivity index (χ4v) is 2.44. The molecule has 0 saturated heterocycles. The van der Waals surface area contributed by atoms with Gasteiger partial charge in [0.1, 0.15) is 0 Å². The summed E-state index contributed by atoms with van der Waals surface area (Å²) in [6.07, 6.45) is 4.67. The molecule has 0 aliphatic heterocycles. The lowest BCUT2D eigenvalue weighted by Crippen LogP contribution is -2.37. The van der Waals surface area contributed by atoms with Crippen molar-refractivity contribution in [2.45, 2.75) is 38.6 Å². The second-order valence-corrected chi connectivity index (χ2v) is 4.50. The summed E-state index contributed by atoms with van der Waals surface area (Å²) in [5.41, 5.74) is 1.34. The van der Waals surface area contributed by atoms with Gasteiger partial charge in [0.25, 0.3) is 5.56 Å². The van der Waals surface area contributed by atoms with Crippen LogP contribution in [0.25, 0.3) is 0 Å². The Morgan fingerprint density at radius 1 is 1.29 bits per heavy atom. The molecule has 2 N–H and O–H groups in total. The number of nitrogens with zero attached hydrogens (tertiary/aromatic N) is 1. The average Bonchev–Trinajstić information content (AvgIpc) is 2.33. The first-order chi connectivity index (χ1) is 8.24. The Labute approximate surface area is 99.9 Å². The Bertz CT molecular complexity index is 501. The van der Waals surface area contributed by atoms with E-state index in [1.54, 1.807) is 4.57 Å². The molecule has 1 aliphatic carbocycles. The zero-order chi connectivity index (χ0) is 12.3. The van der Waals surface area contributed by atoms with Gasteiger partial charge in [0.05, 0.1) is 0 Å². The molecule has 0 radical (unpaired) electrons. The van der Waals surface area contributed by atoms with Crippen LogP contribution in [0.4, 0.5) is 0 Å². The van der Waals surface area contributed by atoms with E-state index in [0.29, 0.717) is 6.54 Å². The Morgan fingerprint density at radius 3 is 2.82 bits per heavy atom. The third kappa shape index (κ3) is 2.49. The summed E-state index contributed by atoms with van der Waals surface area (Å²) < 4.78 is 1.74. The smallest absolute Gasteiger partial charge is 0.320 e. The zero-order valence-electron chi connectivity index (χ0n) is 10.2. The molecule has 2 rings (SSSR count). The van der Waals surface area contributed by atoms with Crippen molar-refractivity contribution in [1.82, 2.24) is 14.9 Å². The van der Waals surface area contributed by atoms with Gasteiger partial charge in [-0.05, 0) is 45.7 Å². The van der Waals surface area contributed by atoms with Gasteiger partial charge in [-0.15, -0.1) is 0 Å². The minimum absolute atomic E-state index is 0.186. The molecular formula is C12H19N3O2. The summed E-state index contributed by atoms with van der Waals surface area (Å²) in [6, 6.07) is 0. The molecule has 0 unspecified atom stereocenters. The molecule has 0 atom stereocenters. The topological polar surface area (TPSA) is 66.9 Å². The molecule has 1 heterocycles. The molecule has 0 fully saturated rings. The van der Waals surface area contributed by atoms with Crippen molar-refractivity contribution in [3.63, 3.8) is 0 Å². The van der Waals surface area contributed by atoms with E-state index in [9.17, 15) is 9.59 Å². The van der Waals surface area contributed by atoms with Gasteiger partial charge in [-0.25, -0.2) is 4.79 Å². The Hall–Kier alpha value is -1.36. The monoisotopic (exact) mass is 237 g/mol. The van der Waals surface area contributed by atoms with E-state index in [1.165, 1.54) is 0 Å². The lowest BCUT2D eigenvalue weighted by atomic mass is 9.97. The summed E-state index contributed by atoms with van der Waals surface area (Å²) >= 11 is 0. The van der Waals surface area contributed by atoms with Gasteiger partial charge >= 0.3 is 5.69 Å². The van der Waals surface area contributed by atoms with Crippen LogP contribution in [0.3, 0.4) is 0 Å². The fraction of sp³-hybridized carbons (Fsp3) is 0.667. The number of nitrogens with one attached hydrogen (secondary N) is 2. The normalized spacial score (nSPS) is 14.6.